The third-order valence-electron chi connectivity index (χ3n) is 5.08. The van der Waals surface area contributed by atoms with Gasteiger partial charge in [-0.1, -0.05) is 47.6 Å². The summed E-state index contributed by atoms with van der Waals surface area (Å²) in [6, 6.07) is 15.8. The van der Waals surface area contributed by atoms with Gasteiger partial charge in [-0.3, -0.25) is 4.99 Å². The molecule has 4 heterocycles. The van der Waals surface area contributed by atoms with E-state index >= 15 is 0 Å². The van der Waals surface area contributed by atoms with Crippen molar-refractivity contribution in [3.05, 3.63) is 83.8 Å². The third-order valence-corrected chi connectivity index (χ3v) is 5.08. The summed E-state index contributed by atoms with van der Waals surface area (Å²) in [6.45, 7) is 2.84. The van der Waals surface area contributed by atoms with Gasteiger partial charge in [-0.15, -0.1) is 15.3 Å². The highest BCUT2D eigenvalue weighted by atomic mass is 16.5. The number of rotatable bonds is 8. The molecule has 5 rings (SSSR count). The molecule has 1 aliphatic rings. The first kappa shape index (κ1) is 20.6. The Kier molecular flexibility index (Phi) is 5.92. The number of nitrogens with zero attached hydrogens (tertiary/aromatic N) is 6. The molecule has 3 aromatic heterocycles. The lowest BCUT2D eigenvalue weighted by atomic mass is 10.1. The molecule has 0 saturated heterocycles. The Morgan fingerprint density at radius 1 is 1.18 bits per heavy atom. The lowest BCUT2D eigenvalue weighted by molar-refractivity contribution is 0.321. The molecule has 0 aliphatic carbocycles. The van der Waals surface area contributed by atoms with Gasteiger partial charge in [-0.05, 0) is 24.6 Å². The quantitative estimate of drug-likeness (QED) is 0.419. The number of aryl methyl sites for hydroxylation is 1. The Labute approximate surface area is 190 Å². The van der Waals surface area contributed by atoms with Gasteiger partial charge in [-0.25, -0.2) is 0 Å². The van der Waals surface area contributed by atoms with Crippen LogP contribution in [0.25, 0.3) is 17.2 Å². The van der Waals surface area contributed by atoms with Crippen LogP contribution in [0.2, 0.25) is 0 Å². The van der Waals surface area contributed by atoms with Crippen molar-refractivity contribution in [2.24, 2.45) is 4.99 Å². The summed E-state index contributed by atoms with van der Waals surface area (Å²) < 4.78 is 12.7. The van der Waals surface area contributed by atoms with Gasteiger partial charge in [0.05, 0.1) is 12.6 Å². The van der Waals surface area contributed by atoms with E-state index in [0.29, 0.717) is 42.0 Å². The van der Waals surface area contributed by atoms with E-state index in [9.17, 15) is 0 Å². The molecule has 1 aliphatic heterocycles. The van der Waals surface area contributed by atoms with Crippen molar-refractivity contribution in [3.8, 4) is 17.4 Å². The predicted octanol–water partition coefficient (Wildman–Crippen LogP) is 3.19. The summed E-state index contributed by atoms with van der Waals surface area (Å²) >= 11 is 0. The van der Waals surface area contributed by atoms with E-state index in [4.69, 9.17) is 9.26 Å². The van der Waals surface area contributed by atoms with Crippen molar-refractivity contribution in [3.63, 3.8) is 0 Å². The van der Waals surface area contributed by atoms with Gasteiger partial charge in [0.25, 0.3) is 0 Å². The molecule has 1 aromatic carbocycles. The van der Waals surface area contributed by atoms with E-state index in [1.807, 2.05) is 43.5 Å². The fourth-order valence-electron chi connectivity index (χ4n) is 3.44. The van der Waals surface area contributed by atoms with Crippen molar-refractivity contribution in [1.29, 1.82) is 0 Å². The summed E-state index contributed by atoms with van der Waals surface area (Å²) in [4.78, 5) is 4.56. The maximum Gasteiger partial charge on any atom is 0.232 e. The smallest absolute Gasteiger partial charge is 0.232 e. The number of aliphatic imine (C=N–C) groups is 1. The first-order valence-electron chi connectivity index (χ1n) is 10.7. The van der Waals surface area contributed by atoms with Crippen LogP contribution in [0.5, 0.6) is 5.88 Å². The van der Waals surface area contributed by atoms with Gasteiger partial charge < -0.3 is 14.6 Å². The second kappa shape index (κ2) is 9.47. The highest BCUT2D eigenvalue weighted by Crippen LogP contribution is 2.19. The summed E-state index contributed by atoms with van der Waals surface area (Å²) in [6.07, 6.45) is 8.90. The lowest BCUT2D eigenvalue weighted by Crippen LogP contribution is -2.33. The van der Waals surface area contributed by atoms with Crippen molar-refractivity contribution in [1.82, 2.24) is 30.3 Å². The van der Waals surface area contributed by atoms with Crippen LogP contribution in [-0.4, -0.2) is 50.4 Å². The molecule has 9 heteroatoms. The minimum absolute atomic E-state index is 0.121. The first-order chi connectivity index (χ1) is 16.2. The molecule has 166 valence electrons. The van der Waals surface area contributed by atoms with Gasteiger partial charge >= 0.3 is 0 Å². The lowest BCUT2D eigenvalue weighted by Gasteiger charge is -2.20. The zero-order valence-corrected chi connectivity index (χ0v) is 18.1. The normalized spacial score (nSPS) is 15.7. The van der Waals surface area contributed by atoms with E-state index in [1.165, 1.54) is 5.56 Å². The zero-order chi connectivity index (χ0) is 22.5. The maximum absolute atomic E-state index is 5.92. The zero-order valence-electron chi connectivity index (χ0n) is 18.1. The fourth-order valence-corrected chi connectivity index (χ4v) is 3.44. The minimum atomic E-state index is 0.121. The van der Waals surface area contributed by atoms with Crippen LogP contribution in [0.15, 0.2) is 82.0 Å². The van der Waals surface area contributed by atoms with E-state index in [2.05, 4.69) is 49.0 Å². The SMILES string of the molecule is Cc1cc(-c2nnc3ccc(OCC4=CC=CC(CN=CCc5ccccc5)N4)nn23)no1. The minimum Gasteiger partial charge on any atom is -0.470 e. The molecule has 4 aromatic rings. The standard InChI is InChI=1S/C24H23N7O2/c1-17-14-21(30-33-17)24-28-27-22-10-11-23(29-31(22)24)32-16-20-9-5-8-19(26-20)15-25-13-12-18-6-3-2-4-7-18/h2-11,13-14,19,26H,12,15-16H2,1H3. The second-order valence-electron chi connectivity index (χ2n) is 7.64. The van der Waals surface area contributed by atoms with Gasteiger partial charge in [0.1, 0.15) is 12.4 Å². The topological polar surface area (TPSA) is 103 Å². The van der Waals surface area contributed by atoms with Crippen molar-refractivity contribution < 1.29 is 9.26 Å². The number of benzene rings is 1. The summed E-state index contributed by atoms with van der Waals surface area (Å²) in [7, 11) is 0. The molecule has 1 N–H and O–H groups in total. The van der Waals surface area contributed by atoms with E-state index in [1.54, 1.807) is 22.7 Å². The Bertz CT molecular complexity index is 1320. The molecular formula is C24H23N7O2. The van der Waals surface area contributed by atoms with E-state index in [0.717, 1.165) is 12.1 Å². The van der Waals surface area contributed by atoms with Crippen molar-refractivity contribution >= 4 is 11.9 Å². The molecule has 0 spiro atoms. The van der Waals surface area contributed by atoms with Crippen LogP contribution in [0, 0.1) is 6.92 Å². The number of allylic oxidation sites excluding steroid dienone is 2. The number of hydrogen-bond acceptors (Lipinski definition) is 8. The second-order valence-corrected chi connectivity index (χ2v) is 7.64. The molecule has 0 saturated carbocycles. The Balaban J connectivity index is 1.17. The molecule has 1 atom stereocenters. The molecule has 0 bridgehead atoms. The summed E-state index contributed by atoms with van der Waals surface area (Å²) in [5.41, 5.74) is 3.38. The Morgan fingerprint density at radius 2 is 2.09 bits per heavy atom. The highest BCUT2D eigenvalue weighted by Gasteiger charge is 2.15. The van der Waals surface area contributed by atoms with Gasteiger partial charge in [0.15, 0.2) is 11.3 Å². The van der Waals surface area contributed by atoms with Crippen LogP contribution < -0.4 is 10.1 Å². The van der Waals surface area contributed by atoms with Gasteiger partial charge in [-0.2, -0.15) is 4.52 Å². The van der Waals surface area contributed by atoms with Crippen LogP contribution >= 0.6 is 0 Å². The highest BCUT2D eigenvalue weighted by molar-refractivity contribution is 5.61. The monoisotopic (exact) mass is 441 g/mol. The van der Waals surface area contributed by atoms with Crippen LogP contribution in [0.1, 0.15) is 11.3 Å². The van der Waals surface area contributed by atoms with Gasteiger partial charge in [0.2, 0.25) is 11.7 Å². The number of aromatic nitrogens is 5. The third kappa shape index (κ3) is 4.98. The largest absolute Gasteiger partial charge is 0.470 e. The molecule has 0 amide bonds. The summed E-state index contributed by atoms with van der Waals surface area (Å²) in [5, 5.41) is 20.2. The predicted molar refractivity (Wildman–Crippen MR) is 124 cm³/mol. The molecular weight excluding hydrogens is 418 g/mol. The molecule has 0 radical (unpaired) electrons. The van der Waals surface area contributed by atoms with Crippen LogP contribution in [0.3, 0.4) is 0 Å². The molecule has 1 unspecified atom stereocenters. The van der Waals surface area contributed by atoms with Crippen molar-refractivity contribution in [2.75, 3.05) is 13.2 Å². The maximum atomic E-state index is 5.92. The molecule has 0 fully saturated rings. The number of hydrogen-bond donors (Lipinski definition) is 1. The first-order valence-corrected chi connectivity index (χ1v) is 10.7. The van der Waals surface area contributed by atoms with E-state index in [-0.39, 0.29) is 6.04 Å². The van der Waals surface area contributed by atoms with Crippen LogP contribution in [0.4, 0.5) is 0 Å². The summed E-state index contributed by atoms with van der Waals surface area (Å²) in [5.74, 6) is 1.65. The van der Waals surface area contributed by atoms with E-state index < -0.39 is 0 Å². The number of dihydropyridines is 1. The fraction of sp³-hybridized carbons (Fsp3) is 0.208. The van der Waals surface area contributed by atoms with Crippen LogP contribution in [-0.2, 0) is 6.42 Å². The molecule has 9 nitrogen and oxygen atoms in total. The Hall–Kier alpha value is -4.27. The average molecular weight is 441 g/mol. The van der Waals surface area contributed by atoms with Gasteiger partial charge in [0, 0.05) is 30.5 Å². The molecule has 33 heavy (non-hydrogen) atoms. The number of nitrogens with one attached hydrogen (secondary N) is 1. The Morgan fingerprint density at radius 3 is 2.94 bits per heavy atom. The van der Waals surface area contributed by atoms with Crippen molar-refractivity contribution in [2.45, 2.75) is 19.4 Å². The number of ether oxygens (including phenoxy) is 1. The number of fused-ring (bicyclic) bond motifs is 1. The average Bonchev–Trinajstić information content (AvgIpc) is 3.47.